The largest absolute Gasteiger partial charge is 0.450 e. The van der Waals surface area contributed by atoms with E-state index in [2.05, 4.69) is 4.74 Å². The highest BCUT2D eigenvalue weighted by Crippen LogP contribution is 2.34. The molecule has 2 amide bonds. The Morgan fingerprint density at radius 3 is 2.50 bits per heavy atom. The number of amides is 2. The first-order valence-corrected chi connectivity index (χ1v) is 5.69. The van der Waals surface area contributed by atoms with Gasteiger partial charge in [0, 0.05) is 5.92 Å². The molecule has 2 rings (SSSR count). The molecule has 18 heavy (non-hydrogen) atoms. The van der Waals surface area contributed by atoms with Crippen molar-refractivity contribution in [1.82, 2.24) is 0 Å². The lowest BCUT2D eigenvalue weighted by Crippen LogP contribution is -2.34. The van der Waals surface area contributed by atoms with E-state index in [4.69, 9.17) is 25.7 Å². The maximum absolute atomic E-state index is 10.7. The van der Waals surface area contributed by atoms with Crippen LogP contribution in [-0.4, -0.2) is 50.3 Å². The molecule has 2 aliphatic heterocycles. The van der Waals surface area contributed by atoms with Crippen LogP contribution >= 0.6 is 0 Å². The first-order valence-electron chi connectivity index (χ1n) is 5.69. The number of hydrogen-bond donors (Lipinski definition) is 2. The third-order valence-corrected chi connectivity index (χ3v) is 3.11. The van der Waals surface area contributed by atoms with Crippen molar-refractivity contribution >= 4 is 12.2 Å². The molecule has 2 saturated heterocycles. The van der Waals surface area contributed by atoms with Gasteiger partial charge < -0.3 is 30.4 Å². The predicted molar refractivity (Wildman–Crippen MR) is 57.6 cm³/mol. The third-order valence-electron chi connectivity index (χ3n) is 3.11. The van der Waals surface area contributed by atoms with Crippen LogP contribution in [0.5, 0.6) is 0 Å². The molecule has 0 aromatic heterocycles. The summed E-state index contributed by atoms with van der Waals surface area (Å²) in [4.78, 5) is 21.1. The van der Waals surface area contributed by atoms with Crippen LogP contribution in [0, 0.1) is 5.92 Å². The van der Waals surface area contributed by atoms with Gasteiger partial charge in [-0.1, -0.05) is 0 Å². The van der Waals surface area contributed by atoms with E-state index in [1.54, 1.807) is 0 Å². The minimum absolute atomic E-state index is 0.0934. The van der Waals surface area contributed by atoms with Crippen LogP contribution in [0.25, 0.3) is 0 Å². The van der Waals surface area contributed by atoms with Crippen LogP contribution in [0.3, 0.4) is 0 Å². The fourth-order valence-corrected chi connectivity index (χ4v) is 2.35. The second-order valence-electron chi connectivity index (χ2n) is 4.29. The SMILES string of the molecule is NC(=O)OCCC1COC2C(OC(N)=O)COC12. The molecule has 8 nitrogen and oxygen atoms in total. The Balaban J connectivity index is 1.81. The standard InChI is InChI=1S/C10H16N2O6/c11-9(13)15-2-1-5-3-16-8-6(18-10(12)14)4-17-7(5)8/h5-8H,1-4H2,(H2,11,13)(H2,12,14). The van der Waals surface area contributed by atoms with Crippen molar-refractivity contribution in [3.8, 4) is 0 Å². The Morgan fingerprint density at radius 1 is 1.11 bits per heavy atom. The van der Waals surface area contributed by atoms with Crippen molar-refractivity contribution in [3.05, 3.63) is 0 Å². The van der Waals surface area contributed by atoms with Gasteiger partial charge in [0.25, 0.3) is 0 Å². The van der Waals surface area contributed by atoms with Crippen molar-refractivity contribution in [1.29, 1.82) is 0 Å². The van der Waals surface area contributed by atoms with E-state index in [9.17, 15) is 9.59 Å². The van der Waals surface area contributed by atoms with E-state index in [0.29, 0.717) is 13.0 Å². The molecule has 2 fully saturated rings. The summed E-state index contributed by atoms with van der Waals surface area (Å²) >= 11 is 0. The third kappa shape index (κ3) is 2.82. The average molecular weight is 260 g/mol. The van der Waals surface area contributed by atoms with Crippen molar-refractivity contribution in [2.75, 3.05) is 19.8 Å². The number of carbonyl (C=O) groups is 2. The quantitative estimate of drug-likeness (QED) is 0.692. The summed E-state index contributed by atoms with van der Waals surface area (Å²) in [7, 11) is 0. The Morgan fingerprint density at radius 2 is 1.83 bits per heavy atom. The second kappa shape index (κ2) is 5.40. The maximum atomic E-state index is 10.7. The molecule has 2 heterocycles. The van der Waals surface area contributed by atoms with Gasteiger partial charge in [-0.25, -0.2) is 9.59 Å². The molecule has 8 heteroatoms. The first kappa shape index (κ1) is 12.9. The van der Waals surface area contributed by atoms with Crippen LogP contribution < -0.4 is 11.5 Å². The fraction of sp³-hybridized carbons (Fsp3) is 0.800. The average Bonchev–Trinajstić information content (AvgIpc) is 2.82. The first-order chi connectivity index (χ1) is 8.58. The van der Waals surface area contributed by atoms with Gasteiger partial charge in [0.15, 0.2) is 6.10 Å². The Bertz CT molecular complexity index is 336. The van der Waals surface area contributed by atoms with E-state index in [-0.39, 0.29) is 31.3 Å². The van der Waals surface area contributed by atoms with Gasteiger partial charge in [0.1, 0.15) is 6.10 Å². The summed E-state index contributed by atoms with van der Waals surface area (Å²) in [5.41, 5.74) is 9.83. The monoisotopic (exact) mass is 260 g/mol. The van der Waals surface area contributed by atoms with E-state index in [1.807, 2.05) is 0 Å². The Hall–Kier alpha value is -1.54. The molecule has 2 aliphatic rings. The normalized spacial score (nSPS) is 34.0. The van der Waals surface area contributed by atoms with Gasteiger partial charge in [0.2, 0.25) is 0 Å². The van der Waals surface area contributed by atoms with E-state index >= 15 is 0 Å². The number of primary amides is 2. The molecule has 0 aliphatic carbocycles. The Labute approximate surface area is 103 Å². The highest BCUT2D eigenvalue weighted by Gasteiger charge is 2.49. The number of nitrogens with two attached hydrogens (primary N) is 2. The van der Waals surface area contributed by atoms with Gasteiger partial charge in [0.05, 0.1) is 25.9 Å². The highest BCUT2D eigenvalue weighted by molar-refractivity contribution is 5.65. The molecular weight excluding hydrogens is 244 g/mol. The van der Waals surface area contributed by atoms with E-state index < -0.39 is 18.3 Å². The molecule has 0 spiro atoms. The topological polar surface area (TPSA) is 123 Å². The van der Waals surface area contributed by atoms with Gasteiger partial charge in [-0.05, 0) is 6.42 Å². The van der Waals surface area contributed by atoms with Crippen molar-refractivity contribution in [2.24, 2.45) is 17.4 Å². The molecule has 0 aromatic rings. The lowest BCUT2D eigenvalue weighted by molar-refractivity contribution is 0.00545. The summed E-state index contributed by atoms with van der Waals surface area (Å²) in [5.74, 6) is 0.0934. The van der Waals surface area contributed by atoms with Crippen molar-refractivity contribution in [2.45, 2.75) is 24.7 Å². The lowest BCUT2D eigenvalue weighted by Gasteiger charge is -2.16. The molecule has 4 N–H and O–H groups in total. The second-order valence-corrected chi connectivity index (χ2v) is 4.29. The number of fused-ring (bicyclic) bond motifs is 1. The number of rotatable bonds is 4. The maximum Gasteiger partial charge on any atom is 0.404 e. The smallest absolute Gasteiger partial charge is 0.404 e. The number of hydrogen-bond acceptors (Lipinski definition) is 6. The number of carbonyl (C=O) groups excluding carboxylic acids is 2. The van der Waals surface area contributed by atoms with E-state index in [1.165, 1.54) is 0 Å². The van der Waals surface area contributed by atoms with Gasteiger partial charge in [-0.3, -0.25) is 0 Å². The summed E-state index contributed by atoms with van der Waals surface area (Å²) < 4.78 is 20.6. The molecule has 0 saturated carbocycles. The zero-order valence-corrected chi connectivity index (χ0v) is 9.74. The fourth-order valence-electron chi connectivity index (χ4n) is 2.35. The molecule has 0 radical (unpaired) electrons. The highest BCUT2D eigenvalue weighted by atomic mass is 16.6. The summed E-state index contributed by atoms with van der Waals surface area (Å²) in [6, 6.07) is 0. The summed E-state index contributed by atoms with van der Waals surface area (Å²) in [6.45, 7) is 0.957. The van der Waals surface area contributed by atoms with Gasteiger partial charge in [-0.2, -0.15) is 0 Å². The molecule has 4 atom stereocenters. The van der Waals surface area contributed by atoms with Gasteiger partial charge in [-0.15, -0.1) is 0 Å². The van der Waals surface area contributed by atoms with Crippen LogP contribution in [0.1, 0.15) is 6.42 Å². The molecular formula is C10H16N2O6. The van der Waals surface area contributed by atoms with Crippen LogP contribution in [0.15, 0.2) is 0 Å². The lowest BCUT2D eigenvalue weighted by atomic mass is 9.98. The van der Waals surface area contributed by atoms with Crippen molar-refractivity contribution < 1.29 is 28.5 Å². The van der Waals surface area contributed by atoms with E-state index in [0.717, 1.165) is 0 Å². The molecule has 0 bridgehead atoms. The van der Waals surface area contributed by atoms with Crippen LogP contribution in [-0.2, 0) is 18.9 Å². The van der Waals surface area contributed by atoms with Crippen LogP contribution in [0.4, 0.5) is 9.59 Å². The van der Waals surface area contributed by atoms with Crippen LogP contribution in [0.2, 0.25) is 0 Å². The molecule has 4 unspecified atom stereocenters. The zero-order valence-electron chi connectivity index (χ0n) is 9.74. The minimum Gasteiger partial charge on any atom is -0.450 e. The zero-order chi connectivity index (χ0) is 13.1. The predicted octanol–water partition coefficient (Wildman–Crippen LogP) is -0.650. The molecule has 0 aromatic carbocycles. The number of ether oxygens (including phenoxy) is 4. The Kier molecular flexibility index (Phi) is 3.87. The summed E-state index contributed by atoms with van der Waals surface area (Å²) in [5, 5.41) is 0. The molecule has 102 valence electrons. The van der Waals surface area contributed by atoms with Crippen molar-refractivity contribution in [3.63, 3.8) is 0 Å². The summed E-state index contributed by atoms with van der Waals surface area (Å²) in [6.07, 6.45) is -1.97. The van der Waals surface area contributed by atoms with Gasteiger partial charge >= 0.3 is 12.2 Å². The minimum atomic E-state index is -0.839.